The van der Waals surface area contributed by atoms with Crippen molar-refractivity contribution in [1.82, 2.24) is 0 Å². The zero-order chi connectivity index (χ0) is 30.3. The van der Waals surface area contributed by atoms with Gasteiger partial charge in [-0.1, -0.05) is 124 Å². The van der Waals surface area contributed by atoms with E-state index < -0.39 is 0 Å². The summed E-state index contributed by atoms with van der Waals surface area (Å²) < 4.78 is 6.04. The van der Waals surface area contributed by atoms with Crippen molar-refractivity contribution in [1.29, 1.82) is 0 Å². The van der Waals surface area contributed by atoms with Gasteiger partial charge < -0.3 is 9.84 Å². The van der Waals surface area contributed by atoms with E-state index in [4.69, 9.17) is 4.74 Å². The summed E-state index contributed by atoms with van der Waals surface area (Å²) in [4.78, 5) is 12.7. The minimum atomic E-state index is -0.339. The maximum Gasteiger partial charge on any atom is 0.306 e. The predicted molar refractivity (Wildman–Crippen MR) is 176 cm³/mol. The van der Waals surface area contributed by atoms with Gasteiger partial charge in [0.1, 0.15) is 6.10 Å². The quantitative estimate of drug-likeness (QED) is 0.111. The van der Waals surface area contributed by atoms with Crippen molar-refractivity contribution in [2.45, 2.75) is 182 Å². The predicted octanol–water partition coefficient (Wildman–Crippen LogP) is 10.8. The van der Waals surface area contributed by atoms with Gasteiger partial charge in [-0.2, -0.15) is 0 Å². The van der Waals surface area contributed by atoms with Crippen molar-refractivity contribution in [2.75, 3.05) is 0 Å². The van der Waals surface area contributed by atoms with E-state index in [1.807, 2.05) is 0 Å². The van der Waals surface area contributed by atoms with Crippen molar-refractivity contribution in [2.24, 2.45) is 46.3 Å². The summed E-state index contributed by atoms with van der Waals surface area (Å²) >= 11 is 0. The van der Waals surface area contributed by atoms with Crippen LogP contribution in [0.3, 0.4) is 0 Å². The molecule has 3 heteroatoms. The highest BCUT2D eigenvalue weighted by Crippen LogP contribution is 2.67. The number of carbonyl (C=O) groups excluding carboxylic acids is 1. The van der Waals surface area contributed by atoms with Gasteiger partial charge in [0.2, 0.25) is 0 Å². The molecule has 0 aliphatic heterocycles. The number of aliphatic hydroxyl groups excluding tert-OH is 1. The number of hydrogen-bond acceptors (Lipinski definition) is 3. The SMILES string of the molecule is CCCCCCCCCCCC(=O)O[C@H]1CC[C@@]2(C)C(=C[C@H](O)[C@H]3[C@@H]4CC[C@H]([C@H](C)CCCC(C)C)[C@@]4(C)CC[C@@H]32)C1. The average Bonchev–Trinajstić information content (AvgIpc) is 3.30. The second-order valence-corrected chi connectivity index (χ2v) is 16.4. The first-order chi connectivity index (χ1) is 20.1. The smallest absolute Gasteiger partial charge is 0.306 e. The van der Waals surface area contributed by atoms with Crippen molar-refractivity contribution >= 4 is 5.97 Å². The van der Waals surface area contributed by atoms with Crippen LogP contribution in [-0.4, -0.2) is 23.3 Å². The monoisotopic (exact) mass is 585 g/mol. The third-order valence-corrected chi connectivity index (χ3v) is 13.1. The number of unbranched alkanes of at least 4 members (excludes halogenated alkanes) is 8. The van der Waals surface area contributed by atoms with Crippen molar-refractivity contribution in [3.8, 4) is 0 Å². The zero-order valence-corrected chi connectivity index (χ0v) is 28.6. The van der Waals surface area contributed by atoms with Gasteiger partial charge in [0, 0.05) is 12.8 Å². The highest BCUT2D eigenvalue weighted by Gasteiger charge is 2.61. The van der Waals surface area contributed by atoms with E-state index in [-0.39, 0.29) is 23.6 Å². The Hall–Kier alpha value is -0.830. The first-order valence-electron chi connectivity index (χ1n) is 18.7. The van der Waals surface area contributed by atoms with Gasteiger partial charge in [0.25, 0.3) is 0 Å². The summed E-state index contributed by atoms with van der Waals surface area (Å²) in [5, 5.41) is 11.7. The first kappa shape index (κ1) is 34.1. The molecule has 4 rings (SSSR count). The summed E-state index contributed by atoms with van der Waals surface area (Å²) in [6.45, 7) is 14.6. The summed E-state index contributed by atoms with van der Waals surface area (Å²) in [5.41, 5.74) is 1.93. The molecule has 0 heterocycles. The Morgan fingerprint density at radius 1 is 0.881 bits per heavy atom. The third kappa shape index (κ3) is 7.87. The summed E-state index contributed by atoms with van der Waals surface area (Å²) in [6.07, 6.45) is 26.1. The fourth-order valence-corrected chi connectivity index (χ4v) is 10.6. The van der Waals surface area contributed by atoms with Crippen molar-refractivity contribution in [3.63, 3.8) is 0 Å². The minimum absolute atomic E-state index is 0.00412. The number of rotatable bonds is 16. The molecule has 4 aliphatic rings. The van der Waals surface area contributed by atoms with Gasteiger partial charge in [-0.15, -0.1) is 0 Å². The lowest BCUT2D eigenvalue weighted by atomic mass is 9.46. The molecule has 0 aromatic carbocycles. The van der Waals surface area contributed by atoms with E-state index in [1.54, 1.807) is 0 Å². The zero-order valence-electron chi connectivity index (χ0n) is 28.6. The van der Waals surface area contributed by atoms with Gasteiger partial charge in [-0.05, 0) is 91.3 Å². The van der Waals surface area contributed by atoms with Gasteiger partial charge in [-0.3, -0.25) is 4.79 Å². The molecule has 9 atom stereocenters. The van der Waals surface area contributed by atoms with Crippen LogP contribution in [0, 0.1) is 46.3 Å². The van der Waals surface area contributed by atoms with Crippen LogP contribution in [0.4, 0.5) is 0 Å². The number of ether oxygens (including phenoxy) is 1. The van der Waals surface area contributed by atoms with E-state index in [0.717, 1.165) is 49.9 Å². The van der Waals surface area contributed by atoms with Crippen molar-refractivity contribution < 1.29 is 14.6 Å². The van der Waals surface area contributed by atoms with E-state index in [9.17, 15) is 9.90 Å². The number of fused-ring (bicyclic) bond motifs is 5. The van der Waals surface area contributed by atoms with Gasteiger partial charge >= 0.3 is 5.97 Å². The molecule has 0 unspecified atom stereocenters. The van der Waals surface area contributed by atoms with Crippen LogP contribution in [0.5, 0.6) is 0 Å². The highest BCUT2D eigenvalue weighted by atomic mass is 16.5. The Morgan fingerprint density at radius 2 is 1.57 bits per heavy atom. The topological polar surface area (TPSA) is 46.5 Å². The summed E-state index contributed by atoms with van der Waals surface area (Å²) in [5.74, 6) is 4.01. The first-order valence-corrected chi connectivity index (χ1v) is 18.7. The Labute approximate surface area is 260 Å². The second kappa shape index (κ2) is 15.4. The molecular formula is C39H68O3. The molecule has 1 N–H and O–H groups in total. The van der Waals surface area contributed by atoms with Crippen LogP contribution in [0.1, 0.15) is 170 Å². The number of esters is 1. The normalized spacial score (nSPS) is 36.6. The Bertz CT molecular complexity index is 877. The molecule has 242 valence electrons. The lowest BCUT2D eigenvalue weighted by molar-refractivity contribution is -0.152. The molecule has 3 saturated carbocycles. The largest absolute Gasteiger partial charge is 0.462 e. The molecule has 3 nitrogen and oxygen atoms in total. The second-order valence-electron chi connectivity index (χ2n) is 16.4. The number of carbonyl (C=O) groups is 1. The molecular weight excluding hydrogens is 516 g/mol. The van der Waals surface area contributed by atoms with Crippen LogP contribution in [-0.2, 0) is 9.53 Å². The molecule has 0 aromatic heterocycles. The maximum absolute atomic E-state index is 12.7. The number of aliphatic hydroxyl groups is 1. The van der Waals surface area contributed by atoms with Crippen molar-refractivity contribution in [3.05, 3.63) is 11.6 Å². The van der Waals surface area contributed by atoms with E-state index in [2.05, 4.69) is 47.6 Å². The minimum Gasteiger partial charge on any atom is -0.462 e. The molecule has 0 aromatic rings. The molecule has 0 spiro atoms. The Balaban J connectivity index is 1.27. The van der Waals surface area contributed by atoms with Crippen LogP contribution >= 0.6 is 0 Å². The third-order valence-electron chi connectivity index (χ3n) is 13.1. The lowest BCUT2D eigenvalue weighted by Crippen LogP contribution is -2.55. The highest BCUT2D eigenvalue weighted by molar-refractivity contribution is 5.69. The summed E-state index contributed by atoms with van der Waals surface area (Å²) in [7, 11) is 0. The maximum atomic E-state index is 12.7. The molecule has 0 bridgehead atoms. The van der Waals surface area contributed by atoms with Crippen LogP contribution < -0.4 is 0 Å². The van der Waals surface area contributed by atoms with Gasteiger partial charge in [-0.25, -0.2) is 0 Å². The molecule has 42 heavy (non-hydrogen) atoms. The number of hydrogen-bond donors (Lipinski definition) is 1. The van der Waals surface area contributed by atoms with Gasteiger partial charge in [0.05, 0.1) is 6.10 Å². The Kier molecular flexibility index (Phi) is 12.5. The fourth-order valence-electron chi connectivity index (χ4n) is 10.6. The molecule has 4 aliphatic carbocycles. The molecule has 0 amide bonds. The van der Waals surface area contributed by atoms with Gasteiger partial charge in [0.15, 0.2) is 0 Å². The molecule has 3 fully saturated rings. The van der Waals surface area contributed by atoms with Crippen LogP contribution in [0.25, 0.3) is 0 Å². The fraction of sp³-hybridized carbons (Fsp3) is 0.923. The molecule has 0 radical (unpaired) electrons. The van der Waals surface area contributed by atoms with Crippen LogP contribution in [0.15, 0.2) is 11.6 Å². The van der Waals surface area contributed by atoms with E-state index in [1.165, 1.54) is 95.5 Å². The standard InChI is InChI=1S/C39H68O3/c1-7-8-9-10-11-12-13-14-15-19-36(41)42-31-22-24-38(5)30(26-31)27-35(40)37-33-21-20-32(29(4)18-16-17-28(2)3)39(33,6)25-23-34(37)38/h27-29,31-35,37,40H,7-26H2,1-6H3/t29-,31+,32-,33+,34+,35+,37+,38+,39-/m1/s1. The van der Waals surface area contributed by atoms with E-state index in [0.29, 0.717) is 29.6 Å². The summed E-state index contributed by atoms with van der Waals surface area (Å²) in [6, 6.07) is 0. The lowest BCUT2D eigenvalue weighted by Gasteiger charge is -2.59. The van der Waals surface area contributed by atoms with E-state index >= 15 is 0 Å². The van der Waals surface area contributed by atoms with Crippen LogP contribution in [0.2, 0.25) is 0 Å². The molecule has 0 saturated heterocycles. The average molecular weight is 585 g/mol. The Morgan fingerprint density at radius 3 is 2.26 bits per heavy atom.